The van der Waals surface area contributed by atoms with E-state index in [2.05, 4.69) is 11.9 Å². The summed E-state index contributed by atoms with van der Waals surface area (Å²) in [5.74, 6) is 0.0578. The van der Waals surface area contributed by atoms with Gasteiger partial charge in [0.2, 0.25) is 0 Å². The predicted octanol–water partition coefficient (Wildman–Crippen LogP) is 3.57. The lowest BCUT2D eigenvalue weighted by Gasteiger charge is -2.04. The van der Waals surface area contributed by atoms with Crippen LogP contribution in [0.5, 0.6) is 0 Å². The number of esters is 1. The number of hydrogen-bond donors (Lipinski definition) is 0. The molecule has 3 aromatic rings. The van der Waals surface area contributed by atoms with E-state index in [1.807, 2.05) is 24.3 Å². The van der Waals surface area contributed by atoms with Crippen molar-refractivity contribution in [3.05, 3.63) is 62.9 Å². The summed E-state index contributed by atoms with van der Waals surface area (Å²) in [7, 11) is 1.25. The first-order valence-electron chi connectivity index (χ1n) is 9.05. The van der Waals surface area contributed by atoms with Gasteiger partial charge in [-0.1, -0.05) is 30.4 Å². The fourth-order valence-corrected chi connectivity index (χ4v) is 4.48. The first-order valence-corrected chi connectivity index (χ1v) is 10.9. The number of nitro groups is 1. The zero-order chi connectivity index (χ0) is 21.7. The van der Waals surface area contributed by atoms with Gasteiger partial charge in [0.15, 0.2) is 4.80 Å². The van der Waals surface area contributed by atoms with Gasteiger partial charge in [0.1, 0.15) is 6.54 Å². The smallest absolute Gasteiger partial charge is 0.325 e. The monoisotopic (exact) mass is 445 g/mol. The Labute approximate surface area is 180 Å². The van der Waals surface area contributed by atoms with Gasteiger partial charge in [-0.05, 0) is 29.5 Å². The standard InChI is InChI=1S/C20H19N3O5S2/c1-3-29-15-7-4-13(5-8-15)10-18(24)21-20-22(12-19(25)28-2)16-11-14(23(26)27)6-9-17(16)30-20/h4-9,11H,3,10,12H2,1-2H3. The Hall–Kier alpha value is -2.98. The van der Waals surface area contributed by atoms with Crippen molar-refractivity contribution in [2.45, 2.75) is 24.8 Å². The van der Waals surface area contributed by atoms with Crippen molar-refractivity contribution in [3.8, 4) is 0 Å². The molecule has 0 aliphatic heterocycles. The lowest BCUT2D eigenvalue weighted by Crippen LogP contribution is -2.22. The number of carbonyl (C=O) groups excluding carboxylic acids is 2. The number of rotatable bonds is 7. The average molecular weight is 446 g/mol. The minimum Gasteiger partial charge on any atom is -0.468 e. The quantitative estimate of drug-likeness (QED) is 0.238. The fraction of sp³-hybridized carbons (Fsp3) is 0.250. The molecule has 3 rings (SSSR count). The summed E-state index contributed by atoms with van der Waals surface area (Å²) in [6, 6.07) is 12.0. The molecule has 0 atom stereocenters. The Morgan fingerprint density at radius 2 is 1.97 bits per heavy atom. The van der Waals surface area contributed by atoms with Crippen LogP contribution >= 0.6 is 23.1 Å². The number of carbonyl (C=O) groups is 2. The SMILES string of the molecule is CCSc1ccc(CC(=O)N=c2sc3ccc([N+](=O)[O-])cc3n2CC(=O)OC)cc1. The minimum absolute atomic E-state index is 0.109. The highest BCUT2D eigenvalue weighted by Gasteiger charge is 2.15. The molecular weight excluding hydrogens is 426 g/mol. The summed E-state index contributed by atoms with van der Waals surface area (Å²) in [6.45, 7) is 1.87. The Morgan fingerprint density at radius 3 is 2.60 bits per heavy atom. The molecule has 30 heavy (non-hydrogen) atoms. The van der Waals surface area contributed by atoms with Crippen molar-refractivity contribution < 1.29 is 19.2 Å². The van der Waals surface area contributed by atoms with Crippen molar-refractivity contribution in [2.24, 2.45) is 4.99 Å². The number of nitrogens with zero attached hydrogens (tertiary/aromatic N) is 3. The van der Waals surface area contributed by atoms with Crippen LogP contribution in [-0.2, 0) is 27.3 Å². The second-order valence-electron chi connectivity index (χ2n) is 6.22. The summed E-state index contributed by atoms with van der Waals surface area (Å²) in [4.78, 5) is 40.6. The zero-order valence-electron chi connectivity index (χ0n) is 16.4. The molecule has 0 bridgehead atoms. The van der Waals surface area contributed by atoms with Crippen LogP contribution in [-0.4, -0.2) is 34.2 Å². The molecule has 0 fully saturated rings. The van der Waals surface area contributed by atoms with Crippen LogP contribution in [0.25, 0.3) is 10.2 Å². The summed E-state index contributed by atoms with van der Waals surface area (Å²) < 4.78 is 6.87. The van der Waals surface area contributed by atoms with E-state index in [-0.39, 0.29) is 24.6 Å². The third-order valence-corrected chi connectivity index (χ3v) is 6.15. The van der Waals surface area contributed by atoms with E-state index in [9.17, 15) is 19.7 Å². The van der Waals surface area contributed by atoms with Crippen LogP contribution in [0.1, 0.15) is 12.5 Å². The maximum absolute atomic E-state index is 12.5. The zero-order valence-corrected chi connectivity index (χ0v) is 18.0. The number of amides is 1. The molecule has 10 heteroatoms. The summed E-state index contributed by atoms with van der Waals surface area (Å²) in [5.41, 5.74) is 1.18. The Morgan fingerprint density at radius 1 is 1.23 bits per heavy atom. The number of methoxy groups -OCH3 is 1. The molecule has 1 aromatic heterocycles. The molecule has 0 spiro atoms. The van der Waals surface area contributed by atoms with Gasteiger partial charge >= 0.3 is 5.97 Å². The number of hydrogen-bond acceptors (Lipinski definition) is 7. The number of benzene rings is 2. The van der Waals surface area contributed by atoms with E-state index in [0.29, 0.717) is 15.0 Å². The van der Waals surface area contributed by atoms with Gasteiger partial charge in [0, 0.05) is 17.0 Å². The molecule has 0 saturated heterocycles. The van der Waals surface area contributed by atoms with E-state index >= 15 is 0 Å². The lowest BCUT2D eigenvalue weighted by atomic mass is 10.1. The normalized spacial score (nSPS) is 11.6. The molecule has 0 unspecified atom stereocenters. The van der Waals surface area contributed by atoms with Gasteiger partial charge in [0.05, 0.1) is 28.7 Å². The molecule has 0 radical (unpaired) electrons. The molecule has 0 aliphatic carbocycles. The van der Waals surface area contributed by atoms with Gasteiger partial charge in [-0.3, -0.25) is 19.7 Å². The molecular formula is C20H19N3O5S2. The predicted molar refractivity (Wildman–Crippen MR) is 116 cm³/mol. The van der Waals surface area contributed by atoms with E-state index in [4.69, 9.17) is 4.74 Å². The maximum atomic E-state index is 12.5. The molecule has 0 saturated carbocycles. The summed E-state index contributed by atoms with van der Waals surface area (Å²) in [5, 5.41) is 11.1. The largest absolute Gasteiger partial charge is 0.468 e. The van der Waals surface area contributed by atoms with E-state index in [1.54, 1.807) is 17.8 Å². The van der Waals surface area contributed by atoms with Gasteiger partial charge in [-0.25, -0.2) is 0 Å². The number of ether oxygens (including phenoxy) is 1. The average Bonchev–Trinajstić information content (AvgIpc) is 3.05. The summed E-state index contributed by atoms with van der Waals surface area (Å²) >= 11 is 2.91. The number of non-ortho nitro benzene ring substituents is 1. The van der Waals surface area contributed by atoms with Crippen molar-refractivity contribution in [2.75, 3.05) is 12.9 Å². The van der Waals surface area contributed by atoms with Crippen LogP contribution in [0.4, 0.5) is 5.69 Å². The van der Waals surface area contributed by atoms with Gasteiger partial charge < -0.3 is 9.30 Å². The Kier molecular flexibility index (Phi) is 7.01. The number of thiazole rings is 1. The van der Waals surface area contributed by atoms with Crippen LogP contribution in [0, 0.1) is 10.1 Å². The first-order chi connectivity index (χ1) is 14.4. The van der Waals surface area contributed by atoms with Crippen molar-refractivity contribution in [1.29, 1.82) is 0 Å². The fourth-order valence-electron chi connectivity index (χ4n) is 2.79. The molecule has 1 amide bonds. The van der Waals surface area contributed by atoms with Gasteiger partial charge in [-0.15, -0.1) is 11.8 Å². The molecule has 2 aromatic carbocycles. The lowest BCUT2D eigenvalue weighted by molar-refractivity contribution is -0.384. The molecule has 8 nitrogen and oxygen atoms in total. The molecule has 0 aliphatic rings. The van der Waals surface area contributed by atoms with Crippen LogP contribution in [0.3, 0.4) is 0 Å². The van der Waals surface area contributed by atoms with Crippen molar-refractivity contribution in [3.63, 3.8) is 0 Å². The van der Waals surface area contributed by atoms with E-state index in [1.165, 1.54) is 35.1 Å². The Balaban J connectivity index is 1.96. The second-order valence-corrected chi connectivity index (χ2v) is 8.56. The number of aromatic nitrogens is 1. The maximum Gasteiger partial charge on any atom is 0.325 e. The van der Waals surface area contributed by atoms with E-state index < -0.39 is 10.9 Å². The second kappa shape index (κ2) is 9.68. The highest BCUT2D eigenvalue weighted by atomic mass is 32.2. The highest BCUT2D eigenvalue weighted by molar-refractivity contribution is 7.99. The third-order valence-electron chi connectivity index (χ3n) is 4.20. The Bertz CT molecular complexity index is 1170. The van der Waals surface area contributed by atoms with E-state index in [0.717, 1.165) is 16.2 Å². The highest BCUT2D eigenvalue weighted by Crippen LogP contribution is 2.23. The van der Waals surface area contributed by atoms with Gasteiger partial charge in [-0.2, -0.15) is 4.99 Å². The molecule has 156 valence electrons. The number of fused-ring (bicyclic) bond motifs is 1. The summed E-state index contributed by atoms with van der Waals surface area (Å²) in [6.07, 6.45) is 0.115. The van der Waals surface area contributed by atoms with Crippen LogP contribution in [0.15, 0.2) is 52.4 Å². The van der Waals surface area contributed by atoms with Crippen molar-refractivity contribution >= 4 is 50.9 Å². The topological polar surface area (TPSA) is 104 Å². The number of thioether (sulfide) groups is 1. The molecule has 0 N–H and O–H groups in total. The third kappa shape index (κ3) is 5.14. The minimum atomic E-state index is -0.542. The van der Waals surface area contributed by atoms with Crippen LogP contribution in [0.2, 0.25) is 0 Å². The van der Waals surface area contributed by atoms with Crippen molar-refractivity contribution in [1.82, 2.24) is 4.57 Å². The number of nitro benzene ring substituents is 1. The van der Waals surface area contributed by atoms with Gasteiger partial charge in [0.25, 0.3) is 11.6 Å². The van der Waals surface area contributed by atoms with Crippen LogP contribution < -0.4 is 4.80 Å². The first kappa shape index (κ1) is 21.7. The molecule has 1 heterocycles.